The molecule has 1 amide bonds. The zero-order chi connectivity index (χ0) is 20.8. The van der Waals surface area contributed by atoms with Crippen molar-refractivity contribution in [3.8, 4) is 17.1 Å². The van der Waals surface area contributed by atoms with Gasteiger partial charge in [-0.2, -0.15) is 0 Å². The molecule has 0 radical (unpaired) electrons. The lowest BCUT2D eigenvalue weighted by molar-refractivity contribution is -0.120. The van der Waals surface area contributed by atoms with Crippen molar-refractivity contribution in [3.63, 3.8) is 0 Å². The van der Waals surface area contributed by atoms with Gasteiger partial charge in [-0.25, -0.2) is 0 Å². The first kappa shape index (κ1) is 21.4. The normalized spacial score (nSPS) is 20.1. The molecule has 1 aliphatic carbocycles. The average molecular weight is 415 g/mol. The maximum atomic E-state index is 12.4. The van der Waals surface area contributed by atoms with Crippen LogP contribution in [0, 0.1) is 5.92 Å². The molecule has 0 aliphatic heterocycles. The van der Waals surface area contributed by atoms with Crippen LogP contribution >= 0.6 is 11.8 Å². The van der Waals surface area contributed by atoms with Gasteiger partial charge in [0, 0.05) is 18.2 Å². The Morgan fingerprint density at radius 2 is 2.07 bits per heavy atom. The lowest BCUT2D eigenvalue weighted by Gasteiger charge is -2.31. The van der Waals surface area contributed by atoms with Crippen molar-refractivity contribution < 1.29 is 9.53 Å². The van der Waals surface area contributed by atoms with Crippen molar-refractivity contribution >= 4 is 17.7 Å². The van der Waals surface area contributed by atoms with Crippen LogP contribution in [0.4, 0.5) is 0 Å². The monoisotopic (exact) mass is 414 g/mol. The summed E-state index contributed by atoms with van der Waals surface area (Å²) in [5, 5.41) is 12.4. The summed E-state index contributed by atoms with van der Waals surface area (Å²) < 4.78 is 7.54. The van der Waals surface area contributed by atoms with Gasteiger partial charge in [-0.05, 0) is 49.9 Å². The summed E-state index contributed by atoms with van der Waals surface area (Å²) in [7, 11) is 1.66. The molecule has 3 atom stereocenters. The summed E-state index contributed by atoms with van der Waals surface area (Å²) in [6.45, 7) is 8.32. The highest BCUT2D eigenvalue weighted by Crippen LogP contribution is 2.39. The molecule has 3 rings (SSSR count). The third-order valence-electron chi connectivity index (χ3n) is 5.48. The molecule has 6 nitrogen and oxygen atoms in total. The summed E-state index contributed by atoms with van der Waals surface area (Å²) in [5.74, 6) is 2.19. The second-order valence-corrected chi connectivity index (χ2v) is 8.84. The van der Waals surface area contributed by atoms with Gasteiger partial charge in [0.25, 0.3) is 0 Å². The molecule has 0 saturated heterocycles. The Morgan fingerprint density at radius 3 is 2.72 bits per heavy atom. The third kappa shape index (κ3) is 5.01. The highest BCUT2D eigenvalue weighted by atomic mass is 32.2. The molecule has 156 valence electrons. The first-order valence-corrected chi connectivity index (χ1v) is 11.1. The zero-order valence-corrected chi connectivity index (χ0v) is 18.2. The van der Waals surface area contributed by atoms with E-state index >= 15 is 0 Å². The second-order valence-electron chi connectivity index (χ2n) is 7.53. The van der Waals surface area contributed by atoms with Gasteiger partial charge in [0.15, 0.2) is 11.0 Å². The van der Waals surface area contributed by atoms with Crippen molar-refractivity contribution in [2.24, 2.45) is 5.92 Å². The van der Waals surface area contributed by atoms with E-state index in [1.165, 1.54) is 31.0 Å². The molecule has 1 aromatic heterocycles. The Labute approximate surface area is 177 Å². The average Bonchev–Trinajstić information content (AvgIpc) is 3.15. The summed E-state index contributed by atoms with van der Waals surface area (Å²) in [6.07, 6.45) is 6.45. The number of carbonyl (C=O) groups is 1. The van der Waals surface area contributed by atoms with Crippen LogP contribution in [-0.2, 0) is 4.79 Å². The number of nitrogens with zero attached hydrogens (tertiary/aromatic N) is 3. The summed E-state index contributed by atoms with van der Waals surface area (Å²) >= 11 is 1.47. The van der Waals surface area contributed by atoms with Gasteiger partial charge in [-0.15, -0.1) is 16.8 Å². The molecule has 1 aliphatic rings. The minimum Gasteiger partial charge on any atom is -0.497 e. The van der Waals surface area contributed by atoms with Crippen molar-refractivity contribution in [2.45, 2.75) is 56.0 Å². The SMILES string of the molecule is C=CCNC(=O)[C@H](C)Sc1nnc(-c2ccc(OC)cc2)n1[C@@H]1CCCC[C@@H]1C. The number of carbonyl (C=O) groups excluding carboxylic acids is 1. The standard InChI is InChI=1S/C22H30N4O2S/c1-5-14-23-21(27)16(3)29-22-25-24-20(17-10-12-18(28-4)13-11-17)26(22)19-9-7-6-8-15(19)2/h5,10-13,15-16,19H,1,6-9,14H2,2-4H3,(H,23,27)/t15-,16-,19+/m0/s1. The molecule has 1 saturated carbocycles. The molecular formula is C22H30N4O2S. The Balaban J connectivity index is 1.94. The number of nitrogens with one attached hydrogen (secondary N) is 1. The number of thioether (sulfide) groups is 1. The summed E-state index contributed by atoms with van der Waals surface area (Å²) in [4.78, 5) is 12.4. The number of amides is 1. The lowest BCUT2D eigenvalue weighted by Crippen LogP contribution is -2.31. The molecule has 0 bridgehead atoms. The van der Waals surface area contributed by atoms with E-state index in [4.69, 9.17) is 4.74 Å². The molecular weight excluding hydrogens is 384 g/mol. The van der Waals surface area contributed by atoms with Gasteiger partial charge in [0.1, 0.15) is 5.75 Å². The van der Waals surface area contributed by atoms with E-state index in [9.17, 15) is 4.79 Å². The van der Waals surface area contributed by atoms with Crippen LogP contribution in [0.3, 0.4) is 0 Å². The summed E-state index contributed by atoms with van der Waals surface area (Å²) in [6, 6.07) is 8.25. The highest BCUT2D eigenvalue weighted by molar-refractivity contribution is 8.00. The molecule has 1 aromatic carbocycles. The van der Waals surface area contributed by atoms with E-state index in [1.807, 2.05) is 31.2 Å². The molecule has 1 N–H and O–H groups in total. The van der Waals surface area contributed by atoms with Crippen LogP contribution < -0.4 is 10.1 Å². The second kappa shape index (κ2) is 9.96. The van der Waals surface area contributed by atoms with Crippen LogP contribution in [0.2, 0.25) is 0 Å². The Kier molecular flexibility index (Phi) is 7.36. The van der Waals surface area contributed by atoms with Gasteiger partial charge in [-0.3, -0.25) is 9.36 Å². The fourth-order valence-electron chi connectivity index (χ4n) is 3.80. The van der Waals surface area contributed by atoms with Gasteiger partial charge >= 0.3 is 0 Å². The van der Waals surface area contributed by atoms with Crippen LogP contribution in [0.15, 0.2) is 42.1 Å². The van der Waals surface area contributed by atoms with Crippen molar-refractivity contribution in [3.05, 3.63) is 36.9 Å². The highest BCUT2D eigenvalue weighted by Gasteiger charge is 2.30. The van der Waals surface area contributed by atoms with Crippen LogP contribution in [0.25, 0.3) is 11.4 Å². The first-order valence-electron chi connectivity index (χ1n) is 10.2. The Hall–Kier alpha value is -2.28. The van der Waals surface area contributed by atoms with E-state index in [2.05, 4.69) is 33.6 Å². The largest absolute Gasteiger partial charge is 0.497 e. The first-order chi connectivity index (χ1) is 14.0. The maximum Gasteiger partial charge on any atom is 0.233 e. The third-order valence-corrected chi connectivity index (χ3v) is 6.54. The maximum absolute atomic E-state index is 12.4. The van der Waals surface area contributed by atoms with Gasteiger partial charge in [0.05, 0.1) is 12.4 Å². The Bertz CT molecular complexity index is 834. The topological polar surface area (TPSA) is 69.0 Å². The number of hydrogen-bond donors (Lipinski definition) is 1. The fourth-order valence-corrected chi connectivity index (χ4v) is 4.73. The fraction of sp³-hybridized carbons (Fsp3) is 0.500. The minimum absolute atomic E-state index is 0.0212. The van der Waals surface area contributed by atoms with E-state index in [0.717, 1.165) is 28.7 Å². The van der Waals surface area contributed by atoms with E-state index < -0.39 is 0 Å². The molecule has 0 unspecified atom stereocenters. The molecule has 1 fully saturated rings. The molecule has 1 heterocycles. The number of aromatic nitrogens is 3. The van der Waals surface area contributed by atoms with Gasteiger partial charge in [0.2, 0.25) is 5.91 Å². The zero-order valence-electron chi connectivity index (χ0n) is 17.4. The number of ether oxygens (including phenoxy) is 1. The van der Waals surface area contributed by atoms with Crippen molar-refractivity contribution in [2.75, 3.05) is 13.7 Å². The predicted octanol–water partition coefficient (Wildman–Crippen LogP) is 4.49. The summed E-state index contributed by atoms with van der Waals surface area (Å²) in [5.41, 5.74) is 1.01. The lowest BCUT2D eigenvalue weighted by atomic mass is 9.85. The van der Waals surface area contributed by atoms with E-state index in [0.29, 0.717) is 18.5 Å². The molecule has 0 spiro atoms. The molecule has 7 heteroatoms. The smallest absolute Gasteiger partial charge is 0.233 e. The van der Waals surface area contributed by atoms with Crippen molar-refractivity contribution in [1.29, 1.82) is 0 Å². The number of hydrogen-bond acceptors (Lipinski definition) is 5. The van der Waals surface area contributed by atoms with E-state index in [-0.39, 0.29) is 11.2 Å². The minimum atomic E-state index is -0.263. The van der Waals surface area contributed by atoms with Crippen molar-refractivity contribution in [1.82, 2.24) is 20.1 Å². The van der Waals surface area contributed by atoms with Gasteiger partial charge in [-0.1, -0.05) is 37.6 Å². The quantitative estimate of drug-likeness (QED) is 0.509. The number of rotatable bonds is 8. The molecule has 29 heavy (non-hydrogen) atoms. The van der Waals surface area contributed by atoms with E-state index in [1.54, 1.807) is 13.2 Å². The number of methoxy groups -OCH3 is 1. The van der Waals surface area contributed by atoms with Crippen LogP contribution in [-0.4, -0.2) is 39.6 Å². The number of benzene rings is 1. The van der Waals surface area contributed by atoms with Crippen LogP contribution in [0.5, 0.6) is 5.75 Å². The molecule has 2 aromatic rings. The predicted molar refractivity (Wildman–Crippen MR) is 117 cm³/mol. The van der Waals surface area contributed by atoms with Gasteiger partial charge < -0.3 is 10.1 Å². The Morgan fingerprint density at radius 1 is 1.34 bits per heavy atom. The van der Waals surface area contributed by atoms with Crippen LogP contribution in [0.1, 0.15) is 45.6 Å².